The van der Waals surface area contributed by atoms with E-state index in [-0.39, 0.29) is 12.1 Å². The summed E-state index contributed by atoms with van der Waals surface area (Å²) in [4.78, 5) is 38.6. The lowest BCUT2D eigenvalue weighted by Crippen LogP contribution is -2.53. The maximum absolute atomic E-state index is 13.1. The molecule has 1 aliphatic heterocycles. The first-order chi connectivity index (χ1) is 15.4. The largest absolute Gasteiger partial charge is 0.467 e. The van der Waals surface area contributed by atoms with E-state index >= 15 is 0 Å². The topological polar surface area (TPSA) is 85.4 Å². The summed E-state index contributed by atoms with van der Waals surface area (Å²) in [5.74, 6) is -0.810. The minimum atomic E-state index is -4.51. The Bertz CT molecular complexity index is 959. The molecule has 0 unspecified atom stereocenters. The van der Waals surface area contributed by atoms with Crippen LogP contribution in [0, 0.1) is 0 Å². The highest BCUT2D eigenvalue weighted by molar-refractivity contribution is 5.87. The SMILES string of the molecule is COC(=O)[C@H]1C/C(=C/c2ccc(C(F)(F)F)cc2)N(C(=O)OC(C)(C)C)N1C(=O)OC(C)(C)C. The molecule has 0 aromatic heterocycles. The van der Waals surface area contributed by atoms with Crippen molar-refractivity contribution < 1.29 is 41.8 Å². The molecule has 2 amide bonds. The Morgan fingerprint density at radius 2 is 1.41 bits per heavy atom. The van der Waals surface area contributed by atoms with E-state index in [4.69, 9.17) is 14.2 Å². The number of nitrogens with zero attached hydrogens (tertiary/aromatic N) is 2. The summed E-state index contributed by atoms with van der Waals surface area (Å²) in [7, 11) is 1.13. The van der Waals surface area contributed by atoms with E-state index < -0.39 is 47.1 Å². The number of ether oxygens (including phenoxy) is 3. The van der Waals surface area contributed by atoms with Gasteiger partial charge in [-0.1, -0.05) is 12.1 Å². The predicted octanol–water partition coefficient (Wildman–Crippen LogP) is 5.38. The van der Waals surface area contributed by atoms with Gasteiger partial charge in [-0.15, -0.1) is 0 Å². The number of alkyl halides is 3. The van der Waals surface area contributed by atoms with E-state index in [0.29, 0.717) is 5.56 Å². The molecule has 0 aliphatic carbocycles. The number of rotatable bonds is 2. The molecule has 0 bridgehead atoms. The zero-order valence-electron chi connectivity index (χ0n) is 20.1. The zero-order chi connectivity index (χ0) is 26.1. The Labute approximate surface area is 196 Å². The molecule has 1 atom stereocenters. The highest BCUT2D eigenvalue weighted by Gasteiger charge is 2.49. The Hall–Kier alpha value is -3.24. The van der Waals surface area contributed by atoms with Crippen molar-refractivity contribution in [3.8, 4) is 0 Å². The van der Waals surface area contributed by atoms with Gasteiger partial charge in [-0.2, -0.15) is 23.2 Å². The second-order valence-corrected chi connectivity index (χ2v) is 9.62. The van der Waals surface area contributed by atoms with Gasteiger partial charge in [0.15, 0.2) is 6.04 Å². The van der Waals surface area contributed by atoms with E-state index in [9.17, 15) is 27.6 Å². The van der Waals surface area contributed by atoms with Gasteiger partial charge in [-0.05, 0) is 65.3 Å². The minimum Gasteiger partial charge on any atom is -0.467 e. The zero-order valence-corrected chi connectivity index (χ0v) is 20.1. The lowest BCUT2D eigenvalue weighted by molar-refractivity contribution is -0.149. The summed E-state index contributed by atoms with van der Waals surface area (Å²) < 4.78 is 54.3. The van der Waals surface area contributed by atoms with Crippen LogP contribution in [0.5, 0.6) is 0 Å². The van der Waals surface area contributed by atoms with Crippen LogP contribution in [0.2, 0.25) is 0 Å². The lowest BCUT2D eigenvalue weighted by atomic mass is 10.1. The Balaban J connectivity index is 2.57. The van der Waals surface area contributed by atoms with Crippen molar-refractivity contribution in [1.29, 1.82) is 0 Å². The second kappa shape index (κ2) is 9.55. The number of carbonyl (C=O) groups excluding carboxylic acids is 3. The lowest BCUT2D eigenvalue weighted by Gasteiger charge is -2.33. The predicted molar refractivity (Wildman–Crippen MR) is 116 cm³/mol. The normalized spacial score (nSPS) is 18.2. The molecule has 8 nitrogen and oxygen atoms in total. The molecule has 0 spiro atoms. The summed E-state index contributed by atoms with van der Waals surface area (Å²) in [5.41, 5.74) is -2.29. The number of methoxy groups -OCH3 is 1. The van der Waals surface area contributed by atoms with E-state index in [1.807, 2.05) is 0 Å². The number of amides is 2. The van der Waals surface area contributed by atoms with Crippen molar-refractivity contribution in [2.24, 2.45) is 0 Å². The first kappa shape index (κ1) is 27.0. The monoisotopic (exact) mass is 486 g/mol. The molecule has 188 valence electrons. The van der Waals surface area contributed by atoms with E-state index in [1.54, 1.807) is 41.5 Å². The quantitative estimate of drug-likeness (QED) is 0.412. The number of halogens is 3. The smallest absolute Gasteiger partial charge is 0.434 e. The molecule has 0 radical (unpaired) electrons. The van der Waals surface area contributed by atoms with Crippen molar-refractivity contribution in [2.45, 2.75) is 71.4 Å². The second-order valence-electron chi connectivity index (χ2n) is 9.62. The van der Waals surface area contributed by atoms with E-state index in [2.05, 4.69) is 0 Å². The Kier molecular flexibility index (Phi) is 7.59. The van der Waals surface area contributed by atoms with Gasteiger partial charge in [0.05, 0.1) is 18.4 Å². The van der Waals surface area contributed by atoms with Crippen molar-refractivity contribution >= 4 is 24.2 Å². The number of hydrogen-bond acceptors (Lipinski definition) is 6. The molecule has 34 heavy (non-hydrogen) atoms. The van der Waals surface area contributed by atoms with Gasteiger partial charge >= 0.3 is 24.3 Å². The van der Waals surface area contributed by atoms with Crippen LogP contribution in [0.25, 0.3) is 6.08 Å². The molecule has 1 fully saturated rings. The first-order valence-corrected chi connectivity index (χ1v) is 10.4. The van der Waals surface area contributed by atoms with Crippen LogP contribution in [-0.4, -0.2) is 52.5 Å². The maximum Gasteiger partial charge on any atom is 0.434 e. The average molecular weight is 486 g/mol. The molecule has 1 aromatic rings. The highest BCUT2D eigenvalue weighted by Crippen LogP contribution is 2.34. The van der Waals surface area contributed by atoms with Gasteiger partial charge in [0.25, 0.3) is 0 Å². The van der Waals surface area contributed by atoms with Gasteiger partial charge in [0.2, 0.25) is 0 Å². The first-order valence-electron chi connectivity index (χ1n) is 10.4. The molecule has 0 saturated carbocycles. The highest BCUT2D eigenvalue weighted by atomic mass is 19.4. The molecule has 1 aliphatic rings. The maximum atomic E-state index is 13.1. The van der Waals surface area contributed by atoms with Crippen LogP contribution >= 0.6 is 0 Å². The van der Waals surface area contributed by atoms with E-state index in [0.717, 1.165) is 29.3 Å². The van der Waals surface area contributed by atoms with Gasteiger partial charge in [-0.3, -0.25) is 0 Å². The number of esters is 1. The van der Waals surface area contributed by atoms with E-state index in [1.165, 1.54) is 18.2 Å². The standard InChI is InChI=1S/C23H29F3N2O6/c1-21(2,3)33-19(30)27-16(12-14-8-10-15(11-9-14)23(24,25)26)13-17(18(29)32-7)28(27)20(31)34-22(4,5)6/h8-12,17H,13H2,1-7H3/b16-12-/t17-/m1/s1. The number of carbonyl (C=O) groups is 3. The average Bonchev–Trinajstić information content (AvgIpc) is 3.04. The molecular weight excluding hydrogens is 457 g/mol. The van der Waals surface area contributed by atoms with Crippen LogP contribution in [-0.2, 0) is 25.2 Å². The summed E-state index contributed by atoms with van der Waals surface area (Å²) in [6.07, 6.45) is -5.24. The van der Waals surface area contributed by atoms with Crippen LogP contribution in [0.1, 0.15) is 59.1 Å². The molecule has 1 aromatic carbocycles. The third-order valence-corrected chi connectivity index (χ3v) is 4.38. The van der Waals surface area contributed by atoms with Crippen LogP contribution in [0.4, 0.5) is 22.8 Å². The van der Waals surface area contributed by atoms with Crippen LogP contribution in [0.15, 0.2) is 30.0 Å². The summed E-state index contributed by atoms with van der Waals surface area (Å²) in [6.45, 7) is 9.71. The summed E-state index contributed by atoms with van der Waals surface area (Å²) in [6, 6.07) is 2.96. The Morgan fingerprint density at radius 3 is 1.85 bits per heavy atom. The molecule has 1 saturated heterocycles. The minimum absolute atomic E-state index is 0.135. The van der Waals surface area contributed by atoms with Crippen molar-refractivity contribution in [3.05, 3.63) is 41.1 Å². The summed E-state index contributed by atoms with van der Waals surface area (Å²) in [5, 5.41) is 1.67. The fraction of sp³-hybridized carbons (Fsp3) is 0.522. The molecular formula is C23H29F3N2O6. The van der Waals surface area contributed by atoms with Gasteiger partial charge in [0.1, 0.15) is 11.2 Å². The molecule has 11 heteroatoms. The van der Waals surface area contributed by atoms with Gasteiger partial charge in [0, 0.05) is 6.42 Å². The fourth-order valence-electron chi connectivity index (χ4n) is 3.08. The van der Waals surface area contributed by atoms with Crippen LogP contribution in [0.3, 0.4) is 0 Å². The van der Waals surface area contributed by atoms with Crippen LogP contribution < -0.4 is 0 Å². The number of benzene rings is 1. The Morgan fingerprint density at radius 1 is 0.912 bits per heavy atom. The molecule has 0 N–H and O–H groups in total. The molecule has 1 heterocycles. The van der Waals surface area contributed by atoms with Crippen molar-refractivity contribution in [2.75, 3.05) is 7.11 Å². The number of hydrogen-bond donors (Lipinski definition) is 0. The van der Waals surface area contributed by atoms with Crippen molar-refractivity contribution in [1.82, 2.24) is 10.0 Å². The molecule has 2 rings (SSSR count). The van der Waals surface area contributed by atoms with Crippen molar-refractivity contribution in [3.63, 3.8) is 0 Å². The van der Waals surface area contributed by atoms with Gasteiger partial charge < -0.3 is 14.2 Å². The third kappa shape index (κ3) is 6.88. The van der Waals surface area contributed by atoms with Gasteiger partial charge in [-0.25, -0.2) is 14.4 Å². The summed E-state index contributed by atoms with van der Waals surface area (Å²) >= 11 is 0. The number of hydrazine groups is 1. The fourth-order valence-corrected chi connectivity index (χ4v) is 3.08. The third-order valence-electron chi connectivity index (χ3n) is 4.38.